The van der Waals surface area contributed by atoms with Crippen molar-refractivity contribution in [3.05, 3.63) is 65.9 Å². The molecule has 0 aliphatic rings. The van der Waals surface area contributed by atoms with E-state index in [0.717, 1.165) is 16.6 Å². The molecule has 21 heavy (non-hydrogen) atoms. The summed E-state index contributed by atoms with van der Waals surface area (Å²) in [5.41, 5.74) is 2.50. The van der Waals surface area contributed by atoms with Crippen LogP contribution in [-0.4, -0.2) is 10.1 Å². The van der Waals surface area contributed by atoms with Gasteiger partial charge in [-0.05, 0) is 48.6 Å². The van der Waals surface area contributed by atoms with Crippen molar-refractivity contribution in [3.63, 3.8) is 0 Å². The van der Waals surface area contributed by atoms with Gasteiger partial charge in [0.2, 0.25) is 0 Å². The molecule has 3 rings (SSSR count). The number of aromatic nitrogens is 1. The number of phenolic OH excluding ortho intramolecular Hbond substituents is 1. The summed E-state index contributed by atoms with van der Waals surface area (Å²) in [6.45, 7) is 4.22. The van der Waals surface area contributed by atoms with Gasteiger partial charge in [-0.3, -0.25) is 0 Å². The Kier molecular flexibility index (Phi) is 3.48. The van der Waals surface area contributed by atoms with Crippen molar-refractivity contribution in [1.82, 2.24) is 4.98 Å². The second kappa shape index (κ2) is 5.44. The standard InChI is InChI=1S/C18H18N2O/c1-12-5-3-4-6-16(12)13(2)20-18-17-11-15(21)8-7-14(17)9-10-19-18/h3-11,13,21H,1-2H3,(H,19,20). The molecular weight excluding hydrogens is 260 g/mol. The molecule has 0 saturated heterocycles. The molecule has 0 saturated carbocycles. The SMILES string of the molecule is Cc1ccccc1C(C)Nc1nccc2ccc(O)cc12. The third kappa shape index (κ3) is 2.68. The first-order valence-corrected chi connectivity index (χ1v) is 7.05. The van der Waals surface area contributed by atoms with E-state index >= 15 is 0 Å². The number of fused-ring (bicyclic) bond motifs is 1. The Labute approximate surface area is 124 Å². The summed E-state index contributed by atoms with van der Waals surface area (Å²) in [4.78, 5) is 4.42. The highest BCUT2D eigenvalue weighted by Crippen LogP contribution is 2.28. The zero-order valence-electron chi connectivity index (χ0n) is 12.2. The van der Waals surface area contributed by atoms with E-state index in [9.17, 15) is 5.11 Å². The maximum Gasteiger partial charge on any atom is 0.134 e. The number of rotatable bonds is 3. The lowest BCUT2D eigenvalue weighted by Gasteiger charge is -2.18. The normalized spacial score (nSPS) is 12.3. The molecule has 2 aromatic carbocycles. The molecule has 0 bridgehead atoms. The molecule has 0 spiro atoms. The van der Waals surface area contributed by atoms with Crippen molar-refractivity contribution in [2.75, 3.05) is 5.32 Å². The molecule has 1 atom stereocenters. The zero-order valence-corrected chi connectivity index (χ0v) is 12.2. The highest BCUT2D eigenvalue weighted by Gasteiger charge is 2.10. The van der Waals surface area contributed by atoms with E-state index in [2.05, 4.69) is 36.3 Å². The van der Waals surface area contributed by atoms with Crippen LogP contribution in [0, 0.1) is 6.92 Å². The molecule has 3 aromatic rings. The van der Waals surface area contributed by atoms with E-state index in [1.807, 2.05) is 24.3 Å². The fraction of sp³-hybridized carbons (Fsp3) is 0.167. The minimum absolute atomic E-state index is 0.145. The average Bonchev–Trinajstić information content (AvgIpc) is 2.48. The van der Waals surface area contributed by atoms with Crippen LogP contribution in [0.3, 0.4) is 0 Å². The topological polar surface area (TPSA) is 45.2 Å². The number of anilines is 1. The van der Waals surface area contributed by atoms with Crippen LogP contribution in [-0.2, 0) is 0 Å². The van der Waals surface area contributed by atoms with Gasteiger partial charge >= 0.3 is 0 Å². The van der Waals surface area contributed by atoms with Crippen LogP contribution in [0.25, 0.3) is 10.8 Å². The molecule has 3 heteroatoms. The number of nitrogens with zero attached hydrogens (tertiary/aromatic N) is 1. The minimum atomic E-state index is 0.145. The maximum absolute atomic E-state index is 9.69. The van der Waals surface area contributed by atoms with Gasteiger partial charge in [0.25, 0.3) is 0 Å². The van der Waals surface area contributed by atoms with Crippen molar-refractivity contribution >= 4 is 16.6 Å². The van der Waals surface area contributed by atoms with Crippen molar-refractivity contribution in [2.24, 2.45) is 0 Å². The molecule has 0 amide bonds. The van der Waals surface area contributed by atoms with Crippen molar-refractivity contribution in [2.45, 2.75) is 19.9 Å². The summed E-state index contributed by atoms with van der Waals surface area (Å²) in [7, 11) is 0. The van der Waals surface area contributed by atoms with Gasteiger partial charge in [-0.15, -0.1) is 0 Å². The smallest absolute Gasteiger partial charge is 0.134 e. The zero-order chi connectivity index (χ0) is 14.8. The monoisotopic (exact) mass is 278 g/mol. The molecule has 106 valence electrons. The number of phenols is 1. The lowest BCUT2D eigenvalue weighted by Crippen LogP contribution is -2.09. The predicted molar refractivity (Wildman–Crippen MR) is 86.6 cm³/mol. The van der Waals surface area contributed by atoms with Crippen LogP contribution in [0.2, 0.25) is 0 Å². The fourth-order valence-corrected chi connectivity index (χ4v) is 2.63. The van der Waals surface area contributed by atoms with Crippen LogP contribution in [0.15, 0.2) is 54.7 Å². The Morgan fingerprint density at radius 3 is 2.71 bits per heavy atom. The fourth-order valence-electron chi connectivity index (χ4n) is 2.63. The molecule has 0 fully saturated rings. The summed E-state index contributed by atoms with van der Waals surface area (Å²) in [5.74, 6) is 1.04. The molecule has 1 heterocycles. The Hall–Kier alpha value is -2.55. The number of nitrogens with one attached hydrogen (secondary N) is 1. The van der Waals surface area contributed by atoms with E-state index < -0.39 is 0 Å². The molecule has 0 radical (unpaired) electrons. The van der Waals surface area contributed by atoms with Gasteiger partial charge in [0.15, 0.2) is 0 Å². The van der Waals surface area contributed by atoms with E-state index in [-0.39, 0.29) is 11.8 Å². The summed E-state index contributed by atoms with van der Waals surface area (Å²) in [6, 6.07) is 15.7. The van der Waals surface area contributed by atoms with Crippen molar-refractivity contribution in [3.8, 4) is 5.75 Å². The summed E-state index contributed by atoms with van der Waals surface area (Å²) in [5, 5.41) is 15.1. The first-order valence-electron chi connectivity index (χ1n) is 7.05. The molecule has 3 nitrogen and oxygen atoms in total. The highest BCUT2D eigenvalue weighted by atomic mass is 16.3. The van der Waals surface area contributed by atoms with Gasteiger partial charge in [0.05, 0.1) is 6.04 Å². The van der Waals surface area contributed by atoms with Crippen LogP contribution in [0.4, 0.5) is 5.82 Å². The van der Waals surface area contributed by atoms with Gasteiger partial charge in [-0.2, -0.15) is 0 Å². The lowest BCUT2D eigenvalue weighted by molar-refractivity contribution is 0.476. The predicted octanol–water partition coefficient (Wildman–Crippen LogP) is 4.42. The third-order valence-corrected chi connectivity index (χ3v) is 3.76. The second-order valence-corrected chi connectivity index (χ2v) is 5.29. The van der Waals surface area contributed by atoms with Crippen molar-refractivity contribution < 1.29 is 5.11 Å². The summed E-state index contributed by atoms with van der Waals surface area (Å²) in [6.07, 6.45) is 1.78. The molecular formula is C18H18N2O. The Balaban J connectivity index is 1.98. The summed E-state index contributed by atoms with van der Waals surface area (Å²) < 4.78 is 0. The molecule has 0 aliphatic carbocycles. The lowest BCUT2D eigenvalue weighted by atomic mass is 10.0. The Morgan fingerprint density at radius 2 is 1.90 bits per heavy atom. The number of benzene rings is 2. The number of aryl methyl sites for hydroxylation is 1. The molecule has 1 unspecified atom stereocenters. The summed E-state index contributed by atoms with van der Waals surface area (Å²) >= 11 is 0. The first kappa shape index (κ1) is 13.4. The van der Waals surface area contributed by atoms with E-state index in [1.54, 1.807) is 18.3 Å². The van der Waals surface area contributed by atoms with E-state index in [0.29, 0.717) is 0 Å². The first-order chi connectivity index (χ1) is 10.1. The Morgan fingerprint density at radius 1 is 1.10 bits per heavy atom. The average molecular weight is 278 g/mol. The van der Waals surface area contributed by atoms with Gasteiger partial charge in [0, 0.05) is 11.6 Å². The quantitative estimate of drug-likeness (QED) is 0.745. The number of hydrogen-bond acceptors (Lipinski definition) is 3. The number of pyridine rings is 1. The number of hydrogen-bond donors (Lipinski definition) is 2. The largest absolute Gasteiger partial charge is 0.508 e. The Bertz CT molecular complexity index is 783. The minimum Gasteiger partial charge on any atom is -0.508 e. The van der Waals surface area contributed by atoms with Crippen LogP contribution in [0.1, 0.15) is 24.1 Å². The number of aromatic hydroxyl groups is 1. The van der Waals surface area contributed by atoms with Crippen molar-refractivity contribution in [1.29, 1.82) is 0 Å². The molecule has 2 N–H and O–H groups in total. The van der Waals surface area contributed by atoms with E-state index in [4.69, 9.17) is 0 Å². The van der Waals surface area contributed by atoms with Crippen LogP contribution in [0.5, 0.6) is 5.75 Å². The van der Waals surface area contributed by atoms with Gasteiger partial charge in [0.1, 0.15) is 11.6 Å². The van der Waals surface area contributed by atoms with Gasteiger partial charge in [-0.25, -0.2) is 4.98 Å². The molecule has 1 aromatic heterocycles. The van der Waals surface area contributed by atoms with Crippen LogP contribution < -0.4 is 5.32 Å². The second-order valence-electron chi connectivity index (χ2n) is 5.29. The van der Waals surface area contributed by atoms with Gasteiger partial charge in [-0.1, -0.05) is 30.3 Å². The maximum atomic E-state index is 9.69. The highest BCUT2D eigenvalue weighted by molar-refractivity contribution is 5.92. The van der Waals surface area contributed by atoms with E-state index in [1.165, 1.54) is 11.1 Å². The van der Waals surface area contributed by atoms with Crippen LogP contribution >= 0.6 is 0 Å². The third-order valence-electron chi connectivity index (χ3n) is 3.76. The molecule has 0 aliphatic heterocycles. The van der Waals surface area contributed by atoms with Gasteiger partial charge < -0.3 is 10.4 Å².